The summed E-state index contributed by atoms with van der Waals surface area (Å²) in [5.41, 5.74) is 2.71. The minimum Gasteiger partial charge on any atom is -0.493 e. The number of imide groups is 1. The third kappa shape index (κ3) is 5.72. The maximum atomic E-state index is 13.4. The molecule has 0 spiro atoms. The molecule has 192 valence electrons. The quantitative estimate of drug-likeness (QED) is 0.431. The smallest absolute Gasteiger partial charge is 0.332 e. The number of nitrogens with zero attached hydrogens (tertiary/aromatic N) is 2. The largest absolute Gasteiger partial charge is 0.493 e. The number of hydrogen-bond acceptors (Lipinski definition) is 5. The third-order valence-corrected chi connectivity index (χ3v) is 6.21. The summed E-state index contributed by atoms with van der Waals surface area (Å²) in [4.78, 5) is 42.2. The molecule has 1 unspecified atom stereocenters. The summed E-state index contributed by atoms with van der Waals surface area (Å²) in [6.07, 6.45) is 0.188. The molecule has 0 radical (unpaired) electrons. The molecule has 9 heteroatoms. The Morgan fingerprint density at radius 3 is 2.27 bits per heavy atom. The highest BCUT2D eigenvalue weighted by Gasteiger charge is 2.46. The Morgan fingerprint density at radius 2 is 1.62 bits per heavy atom. The van der Waals surface area contributed by atoms with Crippen LogP contribution in [0.15, 0.2) is 66.7 Å². The Hall–Kier alpha value is -4.40. The number of ether oxygens (including phenoxy) is 2. The number of carbonyl (C=O) groups is 3. The Morgan fingerprint density at radius 1 is 0.946 bits per heavy atom. The molecule has 3 aromatic rings. The average molecular weight is 506 g/mol. The van der Waals surface area contributed by atoms with E-state index in [1.165, 1.54) is 29.2 Å². The van der Waals surface area contributed by atoms with E-state index < -0.39 is 29.7 Å². The molecule has 0 saturated carbocycles. The van der Waals surface area contributed by atoms with Crippen molar-refractivity contribution in [2.24, 2.45) is 0 Å². The van der Waals surface area contributed by atoms with E-state index in [-0.39, 0.29) is 13.0 Å². The number of carbonyl (C=O) groups excluding carboxylic acids is 3. The van der Waals surface area contributed by atoms with Crippen LogP contribution < -0.4 is 19.7 Å². The molecule has 1 aliphatic heterocycles. The summed E-state index contributed by atoms with van der Waals surface area (Å²) in [5, 5.41) is 2.67. The van der Waals surface area contributed by atoms with Gasteiger partial charge in [0.05, 0.1) is 26.3 Å². The second-order valence-electron chi connectivity index (χ2n) is 8.70. The monoisotopic (exact) mass is 505 g/mol. The van der Waals surface area contributed by atoms with Gasteiger partial charge in [-0.05, 0) is 67.4 Å². The Bertz CT molecular complexity index is 1290. The molecule has 1 fully saturated rings. The topological polar surface area (TPSA) is 88.2 Å². The van der Waals surface area contributed by atoms with Gasteiger partial charge in [-0.15, -0.1) is 0 Å². The number of nitrogens with one attached hydrogen (secondary N) is 1. The zero-order chi connectivity index (χ0) is 26.5. The molecule has 1 aliphatic rings. The molecule has 1 N–H and O–H groups in total. The lowest BCUT2D eigenvalue weighted by Gasteiger charge is -2.22. The van der Waals surface area contributed by atoms with Crippen LogP contribution in [0.5, 0.6) is 11.5 Å². The van der Waals surface area contributed by atoms with E-state index in [0.29, 0.717) is 29.3 Å². The van der Waals surface area contributed by atoms with Gasteiger partial charge in [-0.2, -0.15) is 0 Å². The highest BCUT2D eigenvalue weighted by atomic mass is 19.1. The number of urea groups is 1. The highest BCUT2D eigenvalue weighted by Crippen LogP contribution is 2.30. The van der Waals surface area contributed by atoms with Crippen molar-refractivity contribution in [2.45, 2.75) is 25.8 Å². The second kappa shape index (κ2) is 11.1. The van der Waals surface area contributed by atoms with Crippen LogP contribution in [0.3, 0.4) is 0 Å². The summed E-state index contributed by atoms with van der Waals surface area (Å²) in [5.74, 6) is -0.223. The van der Waals surface area contributed by atoms with Gasteiger partial charge in [-0.1, -0.05) is 23.8 Å². The third-order valence-electron chi connectivity index (χ3n) is 6.21. The molecule has 0 bridgehead atoms. The van der Waals surface area contributed by atoms with Gasteiger partial charge in [-0.25, -0.2) is 14.1 Å². The molecule has 3 aromatic carbocycles. The van der Waals surface area contributed by atoms with Crippen LogP contribution in [0.1, 0.15) is 17.5 Å². The van der Waals surface area contributed by atoms with Crippen LogP contribution in [0.4, 0.5) is 20.6 Å². The van der Waals surface area contributed by atoms with Gasteiger partial charge < -0.3 is 19.7 Å². The fraction of sp³-hybridized carbons (Fsp3) is 0.250. The van der Waals surface area contributed by atoms with E-state index in [4.69, 9.17) is 9.47 Å². The van der Waals surface area contributed by atoms with Crippen LogP contribution in [-0.2, 0) is 16.0 Å². The fourth-order valence-corrected chi connectivity index (χ4v) is 4.23. The standard InChI is InChI=1S/C28H28FN3O5/c1-18-4-11-22(12-5-18)32-27(34)23(17-26(33)30-21-9-7-20(29)8-10-21)31(28(32)35)15-14-19-6-13-24(36-2)25(16-19)37-3/h4-13,16,23H,14-15,17H2,1-3H3,(H,30,33). The maximum absolute atomic E-state index is 13.4. The van der Waals surface area contributed by atoms with Crippen molar-refractivity contribution < 1.29 is 28.2 Å². The van der Waals surface area contributed by atoms with Crippen molar-refractivity contribution in [1.29, 1.82) is 0 Å². The molecule has 37 heavy (non-hydrogen) atoms. The summed E-state index contributed by atoms with van der Waals surface area (Å²) in [6.45, 7) is 2.12. The lowest BCUT2D eigenvalue weighted by atomic mass is 10.1. The van der Waals surface area contributed by atoms with E-state index in [0.717, 1.165) is 16.0 Å². The van der Waals surface area contributed by atoms with Crippen molar-refractivity contribution >= 4 is 29.2 Å². The van der Waals surface area contributed by atoms with Crippen molar-refractivity contribution in [3.05, 3.63) is 83.7 Å². The summed E-state index contributed by atoms with van der Waals surface area (Å²) in [7, 11) is 3.09. The van der Waals surface area contributed by atoms with Crippen LogP contribution in [0.25, 0.3) is 0 Å². The first-order valence-corrected chi connectivity index (χ1v) is 11.8. The van der Waals surface area contributed by atoms with Gasteiger partial charge in [0.25, 0.3) is 5.91 Å². The number of benzene rings is 3. The molecule has 0 aliphatic carbocycles. The first-order chi connectivity index (χ1) is 17.8. The normalized spacial score (nSPS) is 15.2. The molecule has 4 amide bonds. The van der Waals surface area contributed by atoms with E-state index in [1.54, 1.807) is 32.4 Å². The van der Waals surface area contributed by atoms with Gasteiger partial charge >= 0.3 is 6.03 Å². The van der Waals surface area contributed by atoms with Gasteiger partial charge in [0, 0.05) is 12.2 Å². The summed E-state index contributed by atoms with van der Waals surface area (Å²) >= 11 is 0. The van der Waals surface area contributed by atoms with Crippen molar-refractivity contribution in [2.75, 3.05) is 31.0 Å². The number of halogens is 1. The Kier molecular flexibility index (Phi) is 7.71. The van der Waals surface area contributed by atoms with Crippen LogP contribution in [0, 0.1) is 12.7 Å². The minimum absolute atomic E-state index is 0.205. The van der Waals surface area contributed by atoms with Crippen LogP contribution in [0.2, 0.25) is 0 Å². The van der Waals surface area contributed by atoms with Gasteiger partial charge in [0.15, 0.2) is 11.5 Å². The Labute approximate surface area is 214 Å². The fourth-order valence-electron chi connectivity index (χ4n) is 4.23. The number of amides is 4. The predicted octanol–water partition coefficient (Wildman–Crippen LogP) is 4.56. The van der Waals surface area contributed by atoms with Crippen LogP contribution >= 0.6 is 0 Å². The van der Waals surface area contributed by atoms with E-state index in [9.17, 15) is 18.8 Å². The average Bonchev–Trinajstić information content (AvgIpc) is 3.12. The molecular weight excluding hydrogens is 477 g/mol. The molecule has 4 rings (SSSR count). The van der Waals surface area contributed by atoms with Gasteiger partial charge in [0.1, 0.15) is 11.9 Å². The number of aryl methyl sites for hydroxylation is 1. The lowest BCUT2D eigenvalue weighted by molar-refractivity contribution is -0.124. The zero-order valence-corrected chi connectivity index (χ0v) is 20.9. The highest BCUT2D eigenvalue weighted by molar-refractivity contribution is 6.22. The first-order valence-electron chi connectivity index (χ1n) is 11.8. The number of rotatable bonds is 9. The van der Waals surface area contributed by atoms with Gasteiger partial charge in [-0.3, -0.25) is 9.59 Å². The van der Waals surface area contributed by atoms with Crippen molar-refractivity contribution in [1.82, 2.24) is 4.90 Å². The summed E-state index contributed by atoms with van der Waals surface area (Å²) in [6, 6.07) is 16.3. The predicted molar refractivity (Wildman–Crippen MR) is 137 cm³/mol. The maximum Gasteiger partial charge on any atom is 0.332 e. The Balaban J connectivity index is 1.56. The lowest BCUT2D eigenvalue weighted by Crippen LogP contribution is -2.39. The molecule has 8 nitrogen and oxygen atoms in total. The molecular formula is C28H28FN3O5. The van der Waals surface area contributed by atoms with E-state index in [2.05, 4.69) is 5.32 Å². The van der Waals surface area contributed by atoms with Crippen LogP contribution in [-0.4, -0.2) is 49.6 Å². The first kappa shape index (κ1) is 25.7. The second-order valence-corrected chi connectivity index (χ2v) is 8.70. The number of methoxy groups -OCH3 is 2. The zero-order valence-electron chi connectivity index (χ0n) is 20.9. The SMILES string of the molecule is COc1ccc(CCN2C(=O)N(c3ccc(C)cc3)C(=O)C2CC(=O)Nc2ccc(F)cc2)cc1OC. The molecule has 1 heterocycles. The van der Waals surface area contributed by atoms with Crippen molar-refractivity contribution in [3.63, 3.8) is 0 Å². The van der Waals surface area contributed by atoms with Crippen molar-refractivity contribution in [3.8, 4) is 11.5 Å². The number of hydrogen-bond donors (Lipinski definition) is 1. The van der Waals surface area contributed by atoms with E-state index in [1.807, 2.05) is 31.2 Å². The van der Waals surface area contributed by atoms with Gasteiger partial charge in [0.2, 0.25) is 5.91 Å². The minimum atomic E-state index is -0.991. The van der Waals surface area contributed by atoms with E-state index >= 15 is 0 Å². The molecule has 0 aromatic heterocycles. The number of anilines is 2. The molecule has 1 atom stereocenters. The summed E-state index contributed by atoms with van der Waals surface area (Å²) < 4.78 is 23.9. The molecule has 1 saturated heterocycles.